The third kappa shape index (κ3) is 2.22. The second-order valence-corrected chi connectivity index (χ2v) is 5.02. The number of carbonyl (C=O) groups excluding carboxylic acids is 1. The lowest BCUT2D eigenvalue weighted by Gasteiger charge is -2.29. The lowest BCUT2D eigenvalue weighted by molar-refractivity contribution is -0.213. The Bertz CT molecular complexity index is 834. The molecular weight excluding hydrogens is 315 g/mol. The highest BCUT2D eigenvalue weighted by Gasteiger charge is 2.59. The van der Waals surface area contributed by atoms with Gasteiger partial charge in [0.1, 0.15) is 23.5 Å². The van der Waals surface area contributed by atoms with Gasteiger partial charge in [0.15, 0.2) is 0 Å². The summed E-state index contributed by atoms with van der Waals surface area (Å²) in [5.74, 6) is -0.723. The first-order chi connectivity index (χ1) is 10.7. The Morgan fingerprint density at radius 3 is 2.61 bits per heavy atom. The fourth-order valence-corrected chi connectivity index (χ4v) is 2.30. The molecule has 0 bridgehead atoms. The van der Waals surface area contributed by atoms with Crippen molar-refractivity contribution in [2.75, 3.05) is 5.32 Å². The molecule has 1 atom stereocenters. The molecule has 1 aliphatic heterocycles. The highest BCUT2D eigenvalue weighted by Crippen LogP contribution is 2.37. The largest absolute Gasteiger partial charge is 0.430 e. The van der Waals surface area contributed by atoms with Crippen LogP contribution in [0.2, 0.25) is 0 Å². The van der Waals surface area contributed by atoms with Gasteiger partial charge >= 0.3 is 6.18 Å². The Balaban J connectivity index is 2.14. The molecule has 2 aromatic heterocycles. The number of hydrogen-bond donors (Lipinski definition) is 2. The number of carbonyl (C=O) groups is 1. The maximum absolute atomic E-state index is 13.3. The number of nitrogens with zero attached hydrogens (tertiary/aromatic N) is 3. The molecule has 1 amide bonds. The van der Waals surface area contributed by atoms with Gasteiger partial charge in [0, 0.05) is 6.20 Å². The smallest absolute Gasteiger partial charge is 0.336 e. The van der Waals surface area contributed by atoms with Crippen LogP contribution in [0.1, 0.15) is 17.4 Å². The zero-order chi connectivity index (χ0) is 16.8. The fourth-order valence-electron chi connectivity index (χ4n) is 2.30. The molecule has 23 heavy (non-hydrogen) atoms. The van der Waals surface area contributed by atoms with Gasteiger partial charge in [-0.15, -0.1) is 0 Å². The highest BCUT2D eigenvalue weighted by atomic mass is 19.4. The molecule has 1 unspecified atom stereocenters. The van der Waals surface area contributed by atoms with Crippen LogP contribution < -0.4 is 16.2 Å². The van der Waals surface area contributed by atoms with Gasteiger partial charge in [-0.2, -0.15) is 13.2 Å². The SMILES string of the molecule is CC1(C(F)(F)F)NC(=O)c2ccc(Nc3ccncn3)c(=O)n21. The van der Waals surface area contributed by atoms with E-state index in [2.05, 4.69) is 15.3 Å². The van der Waals surface area contributed by atoms with Crippen LogP contribution in [0.4, 0.5) is 24.7 Å². The molecule has 0 aliphatic carbocycles. The van der Waals surface area contributed by atoms with Crippen molar-refractivity contribution < 1.29 is 18.0 Å². The predicted molar refractivity (Wildman–Crippen MR) is 73.2 cm³/mol. The summed E-state index contributed by atoms with van der Waals surface area (Å²) in [6, 6.07) is 3.83. The van der Waals surface area contributed by atoms with Crippen molar-refractivity contribution in [2.45, 2.75) is 18.8 Å². The van der Waals surface area contributed by atoms with E-state index in [1.807, 2.05) is 5.32 Å². The fraction of sp³-hybridized carbons (Fsp3) is 0.231. The second-order valence-electron chi connectivity index (χ2n) is 5.02. The minimum Gasteiger partial charge on any atom is -0.336 e. The van der Waals surface area contributed by atoms with Crippen molar-refractivity contribution in [3.05, 3.63) is 46.8 Å². The van der Waals surface area contributed by atoms with Crippen molar-refractivity contribution in [2.24, 2.45) is 0 Å². The van der Waals surface area contributed by atoms with E-state index in [1.165, 1.54) is 24.7 Å². The topological polar surface area (TPSA) is 88.9 Å². The maximum atomic E-state index is 13.3. The Morgan fingerprint density at radius 2 is 2.00 bits per heavy atom. The summed E-state index contributed by atoms with van der Waals surface area (Å²) < 4.78 is 40.4. The summed E-state index contributed by atoms with van der Waals surface area (Å²) in [6.07, 6.45) is -2.21. The average Bonchev–Trinajstić information content (AvgIpc) is 2.75. The monoisotopic (exact) mass is 325 g/mol. The lowest BCUT2D eigenvalue weighted by Crippen LogP contribution is -2.55. The third-order valence-corrected chi connectivity index (χ3v) is 3.52. The van der Waals surface area contributed by atoms with E-state index in [-0.39, 0.29) is 17.2 Å². The zero-order valence-electron chi connectivity index (χ0n) is 11.7. The van der Waals surface area contributed by atoms with Crippen molar-refractivity contribution in [1.82, 2.24) is 19.9 Å². The normalized spacial score (nSPS) is 20.1. The summed E-state index contributed by atoms with van der Waals surface area (Å²) in [6.45, 7) is 0.733. The van der Waals surface area contributed by atoms with Crippen LogP contribution in [-0.4, -0.2) is 26.6 Å². The molecule has 0 saturated heterocycles. The number of fused-ring (bicyclic) bond motifs is 1. The zero-order valence-corrected chi connectivity index (χ0v) is 11.7. The van der Waals surface area contributed by atoms with Gasteiger partial charge in [-0.3, -0.25) is 14.2 Å². The molecule has 7 nitrogen and oxygen atoms in total. The Kier molecular flexibility index (Phi) is 3.13. The first kappa shape index (κ1) is 15.0. The number of pyridine rings is 1. The van der Waals surface area contributed by atoms with Gasteiger partial charge in [0.2, 0.25) is 5.66 Å². The summed E-state index contributed by atoms with van der Waals surface area (Å²) >= 11 is 0. The molecule has 0 fully saturated rings. The minimum atomic E-state index is -4.84. The van der Waals surface area contributed by atoms with E-state index in [0.29, 0.717) is 4.57 Å². The van der Waals surface area contributed by atoms with E-state index in [9.17, 15) is 22.8 Å². The van der Waals surface area contributed by atoms with Crippen molar-refractivity contribution in [3.63, 3.8) is 0 Å². The Morgan fingerprint density at radius 1 is 1.26 bits per heavy atom. The Labute approximate surface area is 127 Å². The van der Waals surface area contributed by atoms with Crippen LogP contribution in [0.3, 0.4) is 0 Å². The summed E-state index contributed by atoms with van der Waals surface area (Å²) in [4.78, 5) is 31.7. The standard InChI is InChI=1S/C13H10F3N5O2/c1-12(13(14,15)16)20-10(22)8-3-2-7(11(23)21(8)12)19-9-4-5-17-6-18-9/h2-6H,1H3,(H,20,22)(H,17,18,19). The lowest BCUT2D eigenvalue weighted by atomic mass is 10.2. The van der Waals surface area contributed by atoms with Crippen molar-refractivity contribution >= 4 is 17.4 Å². The van der Waals surface area contributed by atoms with E-state index in [0.717, 1.165) is 13.0 Å². The number of aromatic nitrogens is 3. The third-order valence-electron chi connectivity index (χ3n) is 3.52. The molecular formula is C13H10F3N5O2. The molecule has 3 heterocycles. The van der Waals surface area contributed by atoms with Gasteiger partial charge in [-0.1, -0.05) is 0 Å². The predicted octanol–water partition coefficient (Wildman–Crippen LogP) is 1.36. The van der Waals surface area contributed by atoms with E-state index in [4.69, 9.17) is 0 Å². The maximum Gasteiger partial charge on any atom is 0.430 e. The number of rotatable bonds is 2. The number of halogens is 3. The molecule has 0 aromatic carbocycles. The molecule has 120 valence electrons. The van der Waals surface area contributed by atoms with Crippen LogP contribution in [0, 0.1) is 0 Å². The molecule has 10 heteroatoms. The van der Waals surface area contributed by atoms with Crippen LogP contribution in [0.5, 0.6) is 0 Å². The quantitative estimate of drug-likeness (QED) is 0.870. The van der Waals surface area contributed by atoms with Crippen molar-refractivity contribution in [3.8, 4) is 0 Å². The number of alkyl halides is 3. The Hall–Kier alpha value is -2.91. The second kappa shape index (κ2) is 4.80. The molecule has 2 N–H and O–H groups in total. The number of amides is 1. The van der Waals surface area contributed by atoms with E-state index >= 15 is 0 Å². The van der Waals surface area contributed by atoms with Gasteiger partial charge in [-0.05, 0) is 25.1 Å². The van der Waals surface area contributed by atoms with Crippen LogP contribution in [0.15, 0.2) is 35.5 Å². The number of hydrogen-bond acceptors (Lipinski definition) is 5. The van der Waals surface area contributed by atoms with Crippen molar-refractivity contribution in [1.29, 1.82) is 0 Å². The summed E-state index contributed by atoms with van der Waals surface area (Å²) in [7, 11) is 0. The number of anilines is 2. The van der Waals surface area contributed by atoms with Crippen LogP contribution >= 0.6 is 0 Å². The molecule has 3 rings (SSSR count). The highest BCUT2D eigenvalue weighted by molar-refractivity contribution is 5.95. The molecule has 0 spiro atoms. The molecule has 0 radical (unpaired) electrons. The first-order valence-electron chi connectivity index (χ1n) is 6.43. The van der Waals surface area contributed by atoms with Gasteiger partial charge < -0.3 is 10.6 Å². The van der Waals surface area contributed by atoms with Gasteiger partial charge in [0.05, 0.1) is 0 Å². The molecule has 1 aliphatic rings. The summed E-state index contributed by atoms with van der Waals surface area (Å²) in [5.41, 5.74) is -4.29. The van der Waals surface area contributed by atoms with E-state index < -0.39 is 23.3 Å². The first-order valence-corrected chi connectivity index (χ1v) is 6.43. The molecule has 2 aromatic rings. The van der Waals surface area contributed by atoms with Crippen LogP contribution in [0.25, 0.3) is 0 Å². The number of nitrogens with one attached hydrogen (secondary N) is 2. The average molecular weight is 325 g/mol. The summed E-state index contributed by atoms with van der Waals surface area (Å²) in [5, 5.41) is 4.43. The van der Waals surface area contributed by atoms with E-state index in [1.54, 1.807) is 0 Å². The minimum absolute atomic E-state index is 0.139. The van der Waals surface area contributed by atoms with Gasteiger partial charge in [0.25, 0.3) is 11.5 Å². The van der Waals surface area contributed by atoms with Gasteiger partial charge in [-0.25, -0.2) is 9.97 Å². The van der Waals surface area contributed by atoms with Crippen LogP contribution in [-0.2, 0) is 5.66 Å². The molecule has 0 saturated carbocycles.